The van der Waals surface area contributed by atoms with Crippen molar-refractivity contribution in [1.29, 1.82) is 0 Å². The number of nitrogens with zero attached hydrogens (tertiary/aromatic N) is 3. The van der Waals surface area contributed by atoms with Crippen LogP contribution < -0.4 is 32.1 Å². The van der Waals surface area contributed by atoms with E-state index in [2.05, 4.69) is 31.6 Å². The van der Waals surface area contributed by atoms with Crippen molar-refractivity contribution in [3.8, 4) is 11.4 Å². The van der Waals surface area contributed by atoms with Gasteiger partial charge in [-0.25, -0.2) is 14.2 Å². The monoisotopic (exact) mass is 902 g/mol. The molecule has 0 bridgehead atoms. The Labute approximate surface area is 371 Å². The lowest BCUT2D eigenvalue weighted by Crippen LogP contribution is -2.54. The van der Waals surface area contributed by atoms with E-state index in [0.717, 1.165) is 4.90 Å². The lowest BCUT2D eigenvalue weighted by atomic mass is 9.86. The van der Waals surface area contributed by atoms with Crippen molar-refractivity contribution < 1.29 is 57.3 Å². The van der Waals surface area contributed by atoms with Gasteiger partial charge in [0.1, 0.15) is 37.3 Å². The molecule has 0 fully saturated rings. The summed E-state index contributed by atoms with van der Waals surface area (Å²) in [5.74, 6) is -4.98. The predicted molar refractivity (Wildman–Crippen MR) is 229 cm³/mol. The minimum atomic E-state index is -2.06. The highest BCUT2D eigenvalue weighted by Crippen LogP contribution is 2.42. The van der Waals surface area contributed by atoms with Gasteiger partial charge in [-0.05, 0) is 64.7 Å². The normalized spacial score (nSPS) is 17.4. The number of hydrogen-bond acceptors (Lipinski definition) is 13. The number of unbranched alkanes of at least 4 members (excludes halogenated alkanes) is 2. The van der Waals surface area contributed by atoms with Crippen molar-refractivity contribution in [3.05, 3.63) is 68.8 Å². The Balaban J connectivity index is 0.951. The largest absolute Gasteiger partial charge is 0.458 e. The highest BCUT2D eigenvalue weighted by molar-refractivity contribution is 6.13. The SMILES string of the molecule is CC[C@@]1(O)C(=O)OCc2c1cc1n(c2=O)Cc2c-1nc1cc(F)c(C)cc1c2NC(=O)CCOCNC(=O)[C@H](C)NC(=O)[C@H](C)NC(=O)[C@H](C)NC(=O)CCCCCN1C(=O)C=CC1=O. The molecule has 6 rings (SSSR count). The zero-order valence-electron chi connectivity index (χ0n) is 36.6. The van der Waals surface area contributed by atoms with Crippen molar-refractivity contribution in [2.24, 2.45) is 0 Å². The third kappa shape index (κ3) is 10.3. The first-order chi connectivity index (χ1) is 30.8. The molecule has 0 aliphatic carbocycles. The molecule has 3 aliphatic heterocycles. The topological polar surface area (TPSA) is 274 Å². The smallest absolute Gasteiger partial charge is 0.343 e. The lowest BCUT2D eigenvalue weighted by molar-refractivity contribution is -0.172. The summed E-state index contributed by atoms with van der Waals surface area (Å²) in [4.78, 5) is 119. The van der Waals surface area contributed by atoms with Gasteiger partial charge in [-0.1, -0.05) is 13.3 Å². The molecule has 65 heavy (non-hydrogen) atoms. The Morgan fingerprint density at radius 3 is 2.22 bits per heavy atom. The number of nitrogens with one attached hydrogen (secondary N) is 5. The van der Waals surface area contributed by atoms with Crippen molar-refractivity contribution in [2.45, 2.75) is 110 Å². The molecule has 0 radical (unpaired) electrons. The van der Waals surface area contributed by atoms with Crippen LogP contribution in [0.3, 0.4) is 0 Å². The summed E-state index contributed by atoms with van der Waals surface area (Å²) in [6.07, 6.45) is 3.86. The third-order valence-electron chi connectivity index (χ3n) is 11.5. The maximum atomic E-state index is 14.8. The van der Waals surface area contributed by atoms with E-state index in [4.69, 9.17) is 9.47 Å². The first-order valence-corrected chi connectivity index (χ1v) is 21.2. The van der Waals surface area contributed by atoms with Crippen molar-refractivity contribution in [3.63, 3.8) is 0 Å². The number of aliphatic hydroxyl groups is 1. The minimum absolute atomic E-state index is 0.0264. The van der Waals surface area contributed by atoms with Crippen LogP contribution in [0.25, 0.3) is 22.3 Å². The van der Waals surface area contributed by atoms with E-state index < -0.39 is 64.7 Å². The molecule has 3 aromatic rings. The van der Waals surface area contributed by atoms with Crippen LogP contribution in [-0.4, -0.2) is 105 Å². The van der Waals surface area contributed by atoms with Crippen LogP contribution in [-0.2, 0) is 66.6 Å². The van der Waals surface area contributed by atoms with Gasteiger partial charge >= 0.3 is 5.97 Å². The van der Waals surface area contributed by atoms with Crippen LogP contribution in [0.1, 0.15) is 88.5 Å². The number of benzene rings is 1. The summed E-state index contributed by atoms with van der Waals surface area (Å²) in [5.41, 5.74) is -0.597. The fraction of sp³-hybridized carbons (Fsp3) is 0.455. The summed E-state index contributed by atoms with van der Waals surface area (Å²) >= 11 is 0. The number of amides is 7. The van der Waals surface area contributed by atoms with Gasteiger partial charge in [0.2, 0.25) is 29.5 Å². The molecule has 346 valence electrons. The van der Waals surface area contributed by atoms with E-state index in [0.29, 0.717) is 30.2 Å². The molecule has 0 saturated carbocycles. The number of imide groups is 1. The average molecular weight is 903 g/mol. The van der Waals surface area contributed by atoms with Gasteiger partial charge in [0.25, 0.3) is 17.4 Å². The Morgan fingerprint density at radius 2 is 1.54 bits per heavy atom. The molecule has 3 aliphatic rings. The summed E-state index contributed by atoms with van der Waals surface area (Å²) in [7, 11) is 0. The summed E-state index contributed by atoms with van der Waals surface area (Å²) in [5, 5.41) is 24.5. The van der Waals surface area contributed by atoms with E-state index in [-0.39, 0.29) is 109 Å². The molecule has 6 N–H and O–H groups in total. The van der Waals surface area contributed by atoms with Gasteiger partial charge in [-0.2, -0.15) is 0 Å². The Hall–Kier alpha value is -6.87. The van der Waals surface area contributed by atoms with E-state index in [1.54, 1.807) is 13.8 Å². The Morgan fingerprint density at radius 1 is 0.877 bits per heavy atom. The summed E-state index contributed by atoms with van der Waals surface area (Å²) in [6, 6.07) is 1.18. The van der Waals surface area contributed by atoms with Crippen molar-refractivity contribution >= 4 is 63.9 Å². The van der Waals surface area contributed by atoms with Gasteiger partial charge < -0.3 is 45.7 Å². The van der Waals surface area contributed by atoms with E-state index in [1.807, 2.05) is 0 Å². The average Bonchev–Trinajstić information content (AvgIpc) is 3.80. The molecule has 0 unspecified atom stereocenters. The number of halogens is 1. The van der Waals surface area contributed by atoms with E-state index in [1.165, 1.54) is 55.7 Å². The fourth-order valence-corrected chi connectivity index (χ4v) is 7.64. The molecule has 5 heterocycles. The number of aromatic nitrogens is 2. The number of rotatable bonds is 19. The fourth-order valence-electron chi connectivity index (χ4n) is 7.64. The number of fused-ring (bicyclic) bond motifs is 5. The molecule has 21 heteroatoms. The number of carbonyl (C=O) groups is 8. The molecular formula is C44H51FN8O12. The second-order valence-electron chi connectivity index (χ2n) is 16.1. The van der Waals surface area contributed by atoms with Gasteiger partial charge in [0, 0.05) is 47.7 Å². The summed E-state index contributed by atoms with van der Waals surface area (Å²) in [6.45, 7) is 6.84. The second kappa shape index (κ2) is 19.9. The molecule has 0 spiro atoms. The van der Waals surface area contributed by atoms with Gasteiger partial charge in [-0.15, -0.1) is 0 Å². The van der Waals surface area contributed by atoms with Crippen LogP contribution in [0, 0.1) is 12.7 Å². The number of cyclic esters (lactones) is 1. The predicted octanol–water partition coefficient (Wildman–Crippen LogP) is 0.946. The Bertz CT molecular complexity index is 2560. The maximum Gasteiger partial charge on any atom is 0.343 e. The maximum absolute atomic E-state index is 14.8. The lowest BCUT2D eigenvalue weighted by Gasteiger charge is -2.31. The van der Waals surface area contributed by atoms with Crippen LogP contribution >= 0.6 is 0 Å². The van der Waals surface area contributed by atoms with Crippen LogP contribution in [0.15, 0.2) is 35.1 Å². The highest BCUT2D eigenvalue weighted by atomic mass is 19.1. The number of anilines is 1. The molecule has 2 aromatic heterocycles. The zero-order chi connectivity index (χ0) is 47.3. The van der Waals surface area contributed by atoms with E-state index in [9.17, 15) is 52.6 Å². The summed E-state index contributed by atoms with van der Waals surface area (Å²) < 4.78 is 26.9. The second-order valence-corrected chi connectivity index (χ2v) is 16.1. The molecule has 4 atom stereocenters. The van der Waals surface area contributed by atoms with Gasteiger partial charge in [-0.3, -0.25) is 43.3 Å². The molecule has 20 nitrogen and oxygen atoms in total. The number of hydrogen-bond donors (Lipinski definition) is 6. The number of esters is 1. The Kier molecular flexibility index (Phi) is 14.6. The molecular weight excluding hydrogens is 852 g/mol. The number of carbonyl (C=O) groups excluding carboxylic acids is 8. The van der Waals surface area contributed by atoms with E-state index >= 15 is 0 Å². The number of aryl methyl sites for hydroxylation is 1. The van der Waals surface area contributed by atoms with Crippen molar-refractivity contribution in [2.75, 3.05) is 25.2 Å². The number of pyridine rings is 2. The van der Waals surface area contributed by atoms with Crippen LogP contribution in [0.2, 0.25) is 0 Å². The minimum Gasteiger partial charge on any atom is -0.458 e. The quantitative estimate of drug-likeness (QED) is 0.0332. The van der Waals surface area contributed by atoms with Gasteiger partial charge in [0.15, 0.2) is 5.60 Å². The molecule has 1 aromatic carbocycles. The van der Waals surface area contributed by atoms with Crippen LogP contribution in [0.4, 0.5) is 10.1 Å². The highest BCUT2D eigenvalue weighted by Gasteiger charge is 2.45. The van der Waals surface area contributed by atoms with Crippen LogP contribution in [0.5, 0.6) is 0 Å². The van der Waals surface area contributed by atoms with Gasteiger partial charge in [0.05, 0.1) is 47.7 Å². The molecule has 7 amide bonds. The standard InChI is InChI=1S/C44H51FN8O12/c1-6-44(63)29-17-32-38-27(19-53(32)42(61)28(29)20-65-43(44)62)37(26-16-22(2)30(45)18-31(26)50-38)51-34(55)13-15-64-21-46-39(58)23(3)48-41(60)25(5)49-40(59)24(4)47-33(54)10-8-7-9-14-52-35(56)11-12-36(52)57/h11-12,16-18,23-25,63H,6-10,13-15,19-21H2,1-5H3,(H,46,58)(H,47,54)(H,48,60)(H,49,59)(H,50,51,55)/t23-,24-,25-,44-/m0/s1. The first kappa shape index (κ1) is 47.6. The molecule has 0 saturated heterocycles. The zero-order valence-corrected chi connectivity index (χ0v) is 36.6. The van der Waals surface area contributed by atoms with Crippen molar-refractivity contribution in [1.82, 2.24) is 35.7 Å². The first-order valence-electron chi connectivity index (χ1n) is 21.2. The number of ether oxygens (including phenoxy) is 2. The third-order valence-corrected chi connectivity index (χ3v) is 11.5.